The Hall–Kier alpha value is -1.06. The van der Waals surface area contributed by atoms with E-state index in [0.717, 1.165) is 24.2 Å². The monoisotopic (exact) mass is 261 g/mol. The third-order valence-corrected chi connectivity index (χ3v) is 4.88. The predicted molar refractivity (Wildman–Crippen MR) is 75.4 cm³/mol. The van der Waals surface area contributed by atoms with E-state index < -0.39 is 0 Å². The van der Waals surface area contributed by atoms with Crippen molar-refractivity contribution in [1.29, 1.82) is 0 Å². The van der Waals surface area contributed by atoms with Crippen LogP contribution in [0.25, 0.3) is 0 Å². The van der Waals surface area contributed by atoms with Gasteiger partial charge < -0.3 is 15.2 Å². The standard InChI is InChI=1S/C16H23NO2/c1-9-4-6-12(16(18-3)10(9)2)15(17)13-8-11-5-7-14(13)19-11/h4,6,11,13-15H,5,7-8,17H2,1-3H3. The molecule has 0 aromatic heterocycles. The summed E-state index contributed by atoms with van der Waals surface area (Å²) in [4.78, 5) is 0. The van der Waals surface area contributed by atoms with Crippen LogP contribution in [-0.4, -0.2) is 19.3 Å². The average Bonchev–Trinajstić information content (AvgIpc) is 3.03. The van der Waals surface area contributed by atoms with Gasteiger partial charge in [-0.3, -0.25) is 0 Å². The maximum Gasteiger partial charge on any atom is 0.126 e. The number of nitrogens with two attached hydrogens (primary N) is 1. The second kappa shape index (κ2) is 4.80. The van der Waals surface area contributed by atoms with E-state index in [4.69, 9.17) is 15.2 Å². The van der Waals surface area contributed by atoms with Crippen LogP contribution in [0.2, 0.25) is 0 Å². The van der Waals surface area contributed by atoms with Crippen LogP contribution in [0, 0.1) is 19.8 Å². The van der Waals surface area contributed by atoms with Gasteiger partial charge in [-0.05, 0) is 44.2 Å². The summed E-state index contributed by atoms with van der Waals surface area (Å²) in [5, 5.41) is 0. The zero-order valence-corrected chi connectivity index (χ0v) is 12.0. The van der Waals surface area contributed by atoms with Crippen LogP contribution in [0.4, 0.5) is 0 Å². The van der Waals surface area contributed by atoms with Crippen LogP contribution in [0.15, 0.2) is 12.1 Å². The van der Waals surface area contributed by atoms with Crippen molar-refractivity contribution in [3.05, 3.63) is 28.8 Å². The molecule has 2 saturated heterocycles. The molecule has 1 aromatic carbocycles. The van der Waals surface area contributed by atoms with E-state index in [1.165, 1.54) is 17.5 Å². The first-order valence-electron chi connectivity index (χ1n) is 7.17. The lowest BCUT2D eigenvalue weighted by molar-refractivity contribution is 0.0883. The van der Waals surface area contributed by atoms with Gasteiger partial charge in [0.25, 0.3) is 0 Å². The summed E-state index contributed by atoms with van der Waals surface area (Å²) < 4.78 is 11.5. The van der Waals surface area contributed by atoms with Gasteiger partial charge in [-0.15, -0.1) is 0 Å². The lowest BCUT2D eigenvalue weighted by atomic mass is 9.80. The number of fused-ring (bicyclic) bond motifs is 2. The predicted octanol–water partition coefficient (Wildman–Crippen LogP) is 2.88. The fraction of sp³-hybridized carbons (Fsp3) is 0.625. The highest BCUT2D eigenvalue weighted by Gasteiger charge is 2.44. The van der Waals surface area contributed by atoms with Crippen molar-refractivity contribution in [2.24, 2.45) is 11.7 Å². The molecule has 104 valence electrons. The van der Waals surface area contributed by atoms with Crippen LogP contribution in [0.3, 0.4) is 0 Å². The highest BCUT2D eigenvalue weighted by atomic mass is 16.5. The molecule has 2 heterocycles. The van der Waals surface area contributed by atoms with Crippen molar-refractivity contribution in [1.82, 2.24) is 0 Å². The molecule has 2 N–H and O–H groups in total. The zero-order valence-electron chi connectivity index (χ0n) is 12.0. The van der Waals surface area contributed by atoms with E-state index in [1.807, 2.05) is 0 Å². The smallest absolute Gasteiger partial charge is 0.126 e. The fourth-order valence-corrected chi connectivity index (χ4v) is 3.63. The van der Waals surface area contributed by atoms with Gasteiger partial charge in [0.05, 0.1) is 19.3 Å². The van der Waals surface area contributed by atoms with E-state index in [0.29, 0.717) is 18.1 Å². The average molecular weight is 261 g/mol. The van der Waals surface area contributed by atoms with Gasteiger partial charge in [0, 0.05) is 17.5 Å². The molecule has 3 rings (SSSR count). The molecule has 0 amide bonds. The summed E-state index contributed by atoms with van der Waals surface area (Å²) >= 11 is 0. The lowest BCUT2D eigenvalue weighted by Gasteiger charge is -2.27. The molecule has 4 unspecified atom stereocenters. The first-order valence-corrected chi connectivity index (χ1v) is 7.17. The Bertz CT molecular complexity index is 486. The fourth-order valence-electron chi connectivity index (χ4n) is 3.63. The molecule has 3 heteroatoms. The Kier molecular flexibility index (Phi) is 3.27. The van der Waals surface area contributed by atoms with Gasteiger partial charge in [-0.2, -0.15) is 0 Å². The van der Waals surface area contributed by atoms with Crippen LogP contribution in [0.1, 0.15) is 42.0 Å². The van der Waals surface area contributed by atoms with E-state index in [-0.39, 0.29) is 6.04 Å². The summed E-state index contributed by atoms with van der Waals surface area (Å²) in [5.74, 6) is 1.39. The van der Waals surface area contributed by atoms with E-state index in [1.54, 1.807) is 7.11 Å². The Balaban J connectivity index is 1.91. The number of benzene rings is 1. The van der Waals surface area contributed by atoms with Crippen LogP contribution >= 0.6 is 0 Å². The number of ether oxygens (including phenoxy) is 2. The zero-order chi connectivity index (χ0) is 13.6. The van der Waals surface area contributed by atoms with Gasteiger partial charge in [-0.25, -0.2) is 0 Å². The molecule has 3 nitrogen and oxygen atoms in total. The van der Waals surface area contributed by atoms with Crippen molar-refractivity contribution in [2.75, 3.05) is 7.11 Å². The molecule has 2 fully saturated rings. The Morgan fingerprint density at radius 2 is 2.11 bits per heavy atom. The number of aryl methyl sites for hydroxylation is 1. The van der Waals surface area contributed by atoms with Crippen molar-refractivity contribution in [2.45, 2.75) is 51.4 Å². The first kappa shape index (κ1) is 12.9. The molecule has 2 bridgehead atoms. The van der Waals surface area contributed by atoms with Gasteiger partial charge in [0.1, 0.15) is 5.75 Å². The molecule has 0 radical (unpaired) electrons. The minimum absolute atomic E-state index is 0.0181. The molecule has 4 atom stereocenters. The highest BCUT2D eigenvalue weighted by Crippen LogP contribution is 2.45. The Morgan fingerprint density at radius 3 is 2.68 bits per heavy atom. The number of hydrogen-bond acceptors (Lipinski definition) is 3. The van der Waals surface area contributed by atoms with E-state index in [9.17, 15) is 0 Å². The molecular formula is C16H23NO2. The van der Waals surface area contributed by atoms with E-state index >= 15 is 0 Å². The molecule has 19 heavy (non-hydrogen) atoms. The van der Waals surface area contributed by atoms with Crippen molar-refractivity contribution >= 4 is 0 Å². The first-order chi connectivity index (χ1) is 9.11. The topological polar surface area (TPSA) is 44.5 Å². The van der Waals surface area contributed by atoms with Crippen molar-refractivity contribution < 1.29 is 9.47 Å². The third-order valence-electron chi connectivity index (χ3n) is 4.88. The quantitative estimate of drug-likeness (QED) is 0.910. The summed E-state index contributed by atoms with van der Waals surface area (Å²) in [7, 11) is 1.73. The summed E-state index contributed by atoms with van der Waals surface area (Å²) in [6.07, 6.45) is 4.26. The molecule has 0 aliphatic carbocycles. The normalized spacial score (nSPS) is 30.6. The Morgan fingerprint density at radius 1 is 1.32 bits per heavy atom. The summed E-state index contributed by atoms with van der Waals surface area (Å²) in [6, 6.07) is 4.28. The molecular weight excluding hydrogens is 238 g/mol. The van der Waals surface area contributed by atoms with Crippen molar-refractivity contribution in [3.8, 4) is 5.75 Å². The maximum absolute atomic E-state index is 6.52. The van der Waals surface area contributed by atoms with Gasteiger partial charge in [0.2, 0.25) is 0 Å². The second-order valence-corrected chi connectivity index (χ2v) is 5.93. The molecule has 2 aliphatic rings. The maximum atomic E-state index is 6.52. The number of rotatable bonds is 3. The second-order valence-electron chi connectivity index (χ2n) is 5.93. The van der Waals surface area contributed by atoms with Crippen LogP contribution < -0.4 is 10.5 Å². The summed E-state index contributed by atoms with van der Waals surface area (Å²) in [6.45, 7) is 4.20. The number of hydrogen-bond donors (Lipinski definition) is 1. The highest BCUT2D eigenvalue weighted by molar-refractivity contribution is 5.47. The van der Waals surface area contributed by atoms with Crippen molar-refractivity contribution in [3.63, 3.8) is 0 Å². The largest absolute Gasteiger partial charge is 0.496 e. The number of methoxy groups -OCH3 is 1. The lowest BCUT2D eigenvalue weighted by Crippen LogP contribution is -2.29. The molecule has 1 aromatic rings. The molecule has 0 saturated carbocycles. The van der Waals surface area contributed by atoms with Crippen LogP contribution in [-0.2, 0) is 4.74 Å². The van der Waals surface area contributed by atoms with Gasteiger partial charge in [0.15, 0.2) is 0 Å². The van der Waals surface area contributed by atoms with E-state index in [2.05, 4.69) is 26.0 Å². The summed E-state index contributed by atoms with van der Waals surface area (Å²) in [5.41, 5.74) is 10.1. The van der Waals surface area contributed by atoms with Gasteiger partial charge in [-0.1, -0.05) is 12.1 Å². The molecule has 0 spiro atoms. The third kappa shape index (κ3) is 2.05. The SMILES string of the molecule is COc1c(C(N)C2CC3CCC2O3)ccc(C)c1C. The Labute approximate surface area is 115 Å². The minimum atomic E-state index is 0.0181. The van der Waals surface area contributed by atoms with Crippen LogP contribution in [0.5, 0.6) is 5.75 Å². The van der Waals surface area contributed by atoms with Gasteiger partial charge >= 0.3 is 0 Å². The minimum Gasteiger partial charge on any atom is -0.496 e. The molecule has 2 aliphatic heterocycles.